The molecular formula is C11H16N4O2S2. The second-order valence-corrected chi connectivity index (χ2v) is 8.36. The van der Waals surface area contributed by atoms with E-state index >= 15 is 0 Å². The van der Waals surface area contributed by atoms with Crippen molar-refractivity contribution in [3.05, 3.63) is 5.82 Å². The maximum absolute atomic E-state index is 11.4. The first-order valence-corrected chi connectivity index (χ1v) is 8.76. The van der Waals surface area contributed by atoms with E-state index in [1.807, 2.05) is 18.5 Å². The molecule has 1 aromatic heterocycles. The number of nitriles is 1. The van der Waals surface area contributed by atoms with Crippen molar-refractivity contribution in [2.45, 2.75) is 30.2 Å². The van der Waals surface area contributed by atoms with Gasteiger partial charge >= 0.3 is 0 Å². The molecule has 1 saturated heterocycles. The van der Waals surface area contributed by atoms with Gasteiger partial charge in [0.05, 0.1) is 22.8 Å². The van der Waals surface area contributed by atoms with Gasteiger partial charge in [-0.3, -0.25) is 0 Å². The standard InChI is InChI=1S/C11H16N4O2S2/c1-8(6-12)18-11-14-13-10(15(11)2)5-9-3-4-19(16,17)7-9/h8-9H,3-5,7H2,1-2H3/t8-,9-/m1/s1. The fourth-order valence-corrected chi connectivity index (χ4v) is 4.68. The Bertz CT molecular complexity index is 603. The van der Waals surface area contributed by atoms with Crippen molar-refractivity contribution in [1.29, 1.82) is 5.26 Å². The van der Waals surface area contributed by atoms with Gasteiger partial charge in [0.2, 0.25) is 0 Å². The van der Waals surface area contributed by atoms with Gasteiger partial charge in [0.15, 0.2) is 15.0 Å². The normalized spacial score (nSPS) is 23.1. The quantitative estimate of drug-likeness (QED) is 0.764. The Hall–Kier alpha value is -1.07. The molecule has 0 saturated carbocycles. The molecule has 0 amide bonds. The molecule has 8 heteroatoms. The lowest BCUT2D eigenvalue weighted by Gasteiger charge is -2.07. The average Bonchev–Trinajstić information content (AvgIpc) is 2.86. The van der Waals surface area contributed by atoms with Crippen LogP contribution in [0.25, 0.3) is 0 Å². The van der Waals surface area contributed by atoms with Crippen LogP contribution in [0.2, 0.25) is 0 Å². The first kappa shape index (κ1) is 14.3. The van der Waals surface area contributed by atoms with Crippen molar-refractivity contribution in [1.82, 2.24) is 14.8 Å². The number of nitrogens with zero attached hydrogens (tertiary/aromatic N) is 4. The van der Waals surface area contributed by atoms with Crippen LogP contribution in [0.15, 0.2) is 5.16 Å². The Balaban J connectivity index is 2.05. The fourth-order valence-electron chi connectivity index (χ4n) is 2.10. The minimum Gasteiger partial charge on any atom is -0.309 e. The predicted molar refractivity (Wildman–Crippen MR) is 72.4 cm³/mol. The summed E-state index contributed by atoms with van der Waals surface area (Å²) in [6, 6.07) is 2.14. The first-order chi connectivity index (χ1) is 8.91. The number of sulfone groups is 1. The molecule has 2 atom stereocenters. The average molecular weight is 300 g/mol. The Morgan fingerprint density at radius 1 is 1.58 bits per heavy atom. The number of aromatic nitrogens is 3. The van der Waals surface area contributed by atoms with E-state index in [1.165, 1.54) is 11.8 Å². The van der Waals surface area contributed by atoms with Gasteiger partial charge in [-0.25, -0.2) is 8.42 Å². The summed E-state index contributed by atoms with van der Waals surface area (Å²) in [5.74, 6) is 1.45. The predicted octanol–water partition coefficient (Wildman–Crippen LogP) is 0.796. The van der Waals surface area contributed by atoms with Gasteiger partial charge in [-0.15, -0.1) is 10.2 Å². The summed E-state index contributed by atoms with van der Waals surface area (Å²) in [5, 5.41) is 17.5. The zero-order valence-corrected chi connectivity index (χ0v) is 12.5. The molecule has 104 valence electrons. The molecule has 0 aromatic carbocycles. The molecule has 0 N–H and O–H groups in total. The maximum Gasteiger partial charge on any atom is 0.192 e. The van der Waals surface area contributed by atoms with Crippen LogP contribution >= 0.6 is 11.8 Å². The van der Waals surface area contributed by atoms with Gasteiger partial charge < -0.3 is 4.57 Å². The zero-order chi connectivity index (χ0) is 14.0. The van der Waals surface area contributed by atoms with E-state index in [2.05, 4.69) is 16.3 Å². The molecule has 1 aliphatic heterocycles. The second-order valence-electron chi connectivity index (χ2n) is 4.82. The molecule has 2 heterocycles. The Labute approximate surface area is 117 Å². The first-order valence-electron chi connectivity index (χ1n) is 6.06. The van der Waals surface area contributed by atoms with Crippen molar-refractivity contribution >= 4 is 21.6 Å². The summed E-state index contributed by atoms with van der Waals surface area (Å²) in [4.78, 5) is 0. The van der Waals surface area contributed by atoms with Crippen LogP contribution in [-0.2, 0) is 23.3 Å². The Kier molecular flexibility index (Phi) is 4.16. The van der Waals surface area contributed by atoms with Gasteiger partial charge in [-0.05, 0) is 19.3 Å². The summed E-state index contributed by atoms with van der Waals surface area (Å²) in [6.07, 6.45) is 1.33. The summed E-state index contributed by atoms with van der Waals surface area (Å²) < 4.78 is 24.7. The van der Waals surface area contributed by atoms with E-state index in [-0.39, 0.29) is 22.7 Å². The monoisotopic (exact) mass is 300 g/mol. The SMILES string of the molecule is C[C@H](C#N)Sc1nnc(C[C@H]2CCS(=O)(=O)C2)n1C. The van der Waals surface area contributed by atoms with Crippen LogP contribution in [-0.4, -0.2) is 39.9 Å². The van der Waals surface area contributed by atoms with Gasteiger partial charge in [-0.2, -0.15) is 5.26 Å². The number of hydrogen-bond donors (Lipinski definition) is 0. The molecule has 1 aromatic rings. The number of hydrogen-bond acceptors (Lipinski definition) is 6. The van der Waals surface area contributed by atoms with Gasteiger partial charge in [-0.1, -0.05) is 11.8 Å². The summed E-state index contributed by atoms with van der Waals surface area (Å²) in [5.41, 5.74) is 0. The lowest BCUT2D eigenvalue weighted by Crippen LogP contribution is -2.11. The van der Waals surface area contributed by atoms with Crippen molar-refractivity contribution in [2.24, 2.45) is 13.0 Å². The van der Waals surface area contributed by atoms with Gasteiger partial charge in [0.25, 0.3) is 0 Å². The highest BCUT2D eigenvalue weighted by Gasteiger charge is 2.29. The zero-order valence-electron chi connectivity index (χ0n) is 10.9. The molecule has 0 aliphatic carbocycles. The molecule has 2 rings (SSSR count). The van der Waals surface area contributed by atoms with Crippen molar-refractivity contribution < 1.29 is 8.42 Å². The highest BCUT2D eigenvalue weighted by Crippen LogP contribution is 2.25. The van der Waals surface area contributed by atoms with E-state index in [0.717, 1.165) is 5.82 Å². The molecule has 0 spiro atoms. The number of rotatable bonds is 4. The second kappa shape index (κ2) is 5.51. The minimum atomic E-state index is -2.85. The van der Waals surface area contributed by atoms with Crippen LogP contribution < -0.4 is 0 Å². The summed E-state index contributed by atoms with van der Waals surface area (Å²) >= 11 is 1.36. The van der Waals surface area contributed by atoms with Crippen molar-refractivity contribution in [2.75, 3.05) is 11.5 Å². The van der Waals surface area contributed by atoms with E-state index in [9.17, 15) is 8.42 Å². The summed E-state index contributed by atoms with van der Waals surface area (Å²) in [7, 11) is -0.998. The van der Waals surface area contributed by atoms with E-state index in [0.29, 0.717) is 18.0 Å². The molecule has 1 fully saturated rings. The van der Waals surface area contributed by atoms with Crippen LogP contribution in [0, 0.1) is 17.2 Å². The van der Waals surface area contributed by atoms with E-state index < -0.39 is 9.84 Å². The Morgan fingerprint density at radius 2 is 2.32 bits per heavy atom. The molecule has 1 aliphatic rings. The fraction of sp³-hybridized carbons (Fsp3) is 0.727. The molecule has 6 nitrogen and oxygen atoms in total. The lowest BCUT2D eigenvalue weighted by atomic mass is 10.1. The molecular weight excluding hydrogens is 284 g/mol. The highest BCUT2D eigenvalue weighted by atomic mass is 32.2. The third-order valence-corrected chi connectivity index (χ3v) is 6.05. The van der Waals surface area contributed by atoms with Crippen molar-refractivity contribution in [3.63, 3.8) is 0 Å². The number of thioether (sulfide) groups is 1. The van der Waals surface area contributed by atoms with E-state index in [1.54, 1.807) is 0 Å². The smallest absolute Gasteiger partial charge is 0.192 e. The van der Waals surface area contributed by atoms with Crippen LogP contribution in [0.5, 0.6) is 0 Å². The van der Waals surface area contributed by atoms with E-state index in [4.69, 9.17) is 5.26 Å². The largest absolute Gasteiger partial charge is 0.309 e. The van der Waals surface area contributed by atoms with Gasteiger partial charge in [0.1, 0.15) is 5.82 Å². The van der Waals surface area contributed by atoms with Gasteiger partial charge in [0, 0.05) is 13.5 Å². The molecule has 0 radical (unpaired) electrons. The third-order valence-electron chi connectivity index (χ3n) is 3.19. The summed E-state index contributed by atoms with van der Waals surface area (Å²) in [6.45, 7) is 1.81. The maximum atomic E-state index is 11.4. The van der Waals surface area contributed by atoms with Crippen LogP contribution in [0.3, 0.4) is 0 Å². The topological polar surface area (TPSA) is 88.6 Å². The van der Waals surface area contributed by atoms with Crippen molar-refractivity contribution in [3.8, 4) is 6.07 Å². The van der Waals surface area contributed by atoms with Crippen LogP contribution in [0.1, 0.15) is 19.2 Å². The molecule has 0 bridgehead atoms. The molecule has 19 heavy (non-hydrogen) atoms. The Morgan fingerprint density at radius 3 is 2.89 bits per heavy atom. The lowest BCUT2D eigenvalue weighted by molar-refractivity contribution is 0.552. The third kappa shape index (κ3) is 3.48. The minimum absolute atomic E-state index is 0.138. The van der Waals surface area contributed by atoms with Crippen LogP contribution in [0.4, 0.5) is 0 Å². The molecule has 0 unspecified atom stereocenters. The highest BCUT2D eigenvalue weighted by molar-refractivity contribution is 8.00.